The van der Waals surface area contributed by atoms with Gasteiger partial charge in [-0.05, 0) is 24.4 Å². The Hall–Kier alpha value is -1.33. The van der Waals surface area contributed by atoms with Gasteiger partial charge in [-0.3, -0.25) is 4.79 Å². The summed E-state index contributed by atoms with van der Waals surface area (Å²) in [6.07, 6.45) is 0. The van der Waals surface area contributed by atoms with Gasteiger partial charge < -0.3 is 11.1 Å². The van der Waals surface area contributed by atoms with Crippen molar-refractivity contribution < 1.29 is 4.79 Å². The minimum Gasteiger partial charge on any atom is -0.398 e. The van der Waals surface area contributed by atoms with E-state index in [1.807, 2.05) is 23.8 Å². The molecule has 5 heteroatoms. The van der Waals surface area contributed by atoms with E-state index in [9.17, 15) is 4.79 Å². The van der Waals surface area contributed by atoms with Crippen molar-refractivity contribution in [1.82, 2.24) is 0 Å². The number of carbonyl (C=O) groups is 1. The summed E-state index contributed by atoms with van der Waals surface area (Å²) >= 11 is 2.96. The van der Waals surface area contributed by atoms with Crippen molar-refractivity contribution >= 4 is 40.0 Å². The number of nitrogen functional groups attached to an aromatic ring is 1. The molecule has 0 bridgehead atoms. The summed E-state index contributed by atoms with van der Waals surface area (Å²) in [6.45, 7) is 1.90. The molecule has 0 unspecified atom stereocenters. The zero-order valence-electron chi connectivity index (χ0n) is 8.11. The van der Waals surface area contributed by atoms with E-state index in [4.69, 9.17) is 5.73 Å². The van der Waals surface area contributed by atoms with Crippen molar-refractivity contribution in [1.29, 1.82) is 0 Å². The van der Waals surface area contributed by atoms with Gasteiger partial charge >= 0.3 is 0 Å². The number of nitrogens with two attached hydrogens (primary N) is 1. The fourth-order valence-electron chi connectivity index (χ4n) is 1.14. The second-order valence-electron chi connectivity index (χ2n) is 3.09. The van der Waals surface area contributed by atoms with Gasteiger partial charge in [-0.1, -0.05) is 0 Å². The van der Waals surface area contributed by atoms with Gasteiger partial charge in [0.25, 0.3) is 5.91 Å². The van der Waals surface area contributed by atoms with Crippen LogP contribution < -0.4 is 11.1 Å². The molecule has 0 saturated carbocycles. The second kappa shape index (κ2) is 4.04. The number of thiophene rings is 2. The summed E-state index contributed by atoms with van der Waals surface area (Å²) in [7, 11) is 0. The van der Waals surface area contributed by atoms with Gasteiger partial charge in [0.15, 0.2) is 0 Å². The predicted molar refractivity (Wildman–Crippen MR) is 65.7 cm³/mol. The van der Waals surface area contributed by atoms with Gasteiger partial charge in [0.05, 0.1) is 10.6 Å². The number of nitrogens with one attached hydrogen (secondary N) is 1. The third-order valence-electron chi connectivity index (χ3n) is 1.96. The van der Waals surface area contributed by atoms with Crippen LogP contribution in [0.4, 0.5) is 11.4 Å². The molecule has 0 aromatic carbocycles. The second-order valence-corrected chi connectivity index (χ2v) is 5.12. The van der Waals surface area contributed by atoms with Crippen molar-refractivity contribution in [2.24, 2.45) is 0 Å². The largest absolute Gasteiger partial charge is 0.398 e. The molecule has 3 nitrogen and oxygen atoms in total. The zero-order chi connectivity index (χ0) is 10.8. The van der Waals surface area contributed by atoms with Gasteiger partial charge in [0.2, 0.25) is 0 Å². The van der Waals surface area contributed by atoms with E-state index in [1.165, 1.54) is 11.3 Å². The van der Waals surface area contributed by atoms with Crippen LogP contribution in [0.3, 0.4) is 0 Å². The van der Waals surface area contributed by atoms with Crippen molar-refractivity contribution in [3.8, 4) is 0 Å². The zero-order valence-corrected chi connectivity index (χ0v) is 9.74. The maximum atomic E-state index is 11.7. The highest BCUT2D eigenvalue weighted by atomic mass is 32.1. The van der Waals surface area contributed by atoms with Gasteiger partial charge in [0, 0.05) is 15.9 Å². The number of anilines is 2. The van der Waals surface area contributed by atoms with E-state index in [1.54, 1.807) is 17.4 Å². The van der Waals surface area contributed by atoms with Gasteiger partial charge in [-0.2, -0.15) is 11.3 Å². The Balaban J connectivity index is 2.15. The average Bonchev–Trinajstić information content (AvgIpc) is 2.78. The van der Waals surface area contributed by atoms with Gasteiger partial charge in [-0.15, -0.1) is 11.3 Å². The number of carbonyl (C=O) groups excluding carboxylic acids is 1. The van der Waals surface area contributed by atoms with Gasteiger partial charge in [-0.25, -0.2) is 0 Å². The molecule has 0 atom stereocenters. The van der Waals surface area contributed by atoms with E-state index >= 15 is 0 Å². The van der Waals surface area contributed by atoms with Crippen LogP contribution in [0.1, 0.15) is 14.5 Å². The lowest BCUT2D eigenvalue weighted by Gasteiger charge is -1.98. The smallest absolute Gasteiger partial charge is 0.265 e. The van der Waals surface area contributed by atoms with Gasteiger partial charge in [0.1, 0.15) is 0 Å². The molecule has 2 aromatic rings. The first kappa shape index (κ1) is 10.2. The summed E-state index contributed by atoms with van der Waals surface area (Å²) < 4.78 is 0. The lowest BCUT2D eigenvalue weighted by molar-refractivity contribution is 0.103. The van der Waals surface area contributed by atoms with Crippen LogP contribution >= 0.6 is 22.7 Å². The molecule has 2 aromatic heterocycles. The molecule has 0 fully saturated rings. The monoisotopic (exact) mass is 238 g/mol. The summed E-state index contributed by atoms with van der Waals surface area (Å²) in [5, 5.41) is 6.62. The van der Waals surface area contributed by atoms with Crippen LogP contribution in [0.25, 0.3) is 0 Å². The molecule has 1 amide bonds. The molecule has 0 radical (unpaired) electrons. The molecule has 78 valence electrons. The first-order chi connectivity index (χ1) is 7.16. The molecule has 2 heterocycles. The maximum Gasteiger partial charge on any atom is 0.265 e. The molecule has 3 N–H and O–H groups in total. The fraction of sp³-hybridized carbons (Fsp3) is 0.100. The third kappa shape index (κ3) is 2.19. The van der Waals surface area contributed by atoms with Crippen molar-refractivity contribution in [3.05, 3.63) is 32.6 Å². The Labute approximate surface area is 95.6 Å². The quantitative estimate of drug-likeness (QED) is 0.845. The standard InChI is InChI=1S/C10H10N2OS2/c1-6-8(11)4-9(15-6)10(13)12-7-2-3-14-5-7/h2-5H,11H2,1H3,(H,12,13). The van der Waals surface area contributed by atoms with Crippen molar-refractivity contribution in [3.63, 3.8) is 0 Å². The first-order valence-electron chi connectivity index (χ1n) is 4.36. The maximum absolute atomic E-state index is 11.7. The number of hydrogen-bond donors (Lipinski definition) is 2. The highest BCUT2D eigenvalue weighted by Gasteiger charge is 2.10. The predicted octanol–water partition coefficient (Wildman–Crippen LogP) is 2.95. The molecule has 15 heavy (non-hydrogen) atoms. The summed E-state index contributed by atoms with van der Waals surface area (Å²) in [5.74, 6) is -0.0989. The highest BCUT2D eigenvalue weighted by Crippen LogP contribution is 2.24. The minimum atomic E-state index is -0.0989. The van der Waals surface area contributed by atoms with E-state index in [0.717, 1.165) is 10.6 Å². The number of rotatable bonds is 2. The first-order valence-corrected chi connectivity index (χ1v) is 6.12. The SMILES string of the molecule is Cc1sc(C(=O)Nc2ccsc2)cc1N. The molecule has 0 aliphatic rings. The normalized spacial score (nSPS) is 10.2. The Morgan fingerprint density at radius 1 is 1.53 bits per heavy atom. The Bertz CT molecular complexity index is 454. The number of hydrogen-bond acceptors (Lipinski definition) is 4. The summed E-state index contributed by atoms with van der Waals surface area (Å²) in [4.78, 5) is 13.4. The lowest BCUT2D eigenvalue weighted by atomic mass is 10.3. The van der Waals surface area contributed by atoms with Crippen LogP contribution in [-0.4, -0.2) is 5.91 Å². The Morgan fingerprint density at radius 3 is 2.87 bits per heavy atom. The highest BCUT2D eigenvalue weighted by molar-refractivity contribution is 7.14. The summed E-state index contributed by atoms with van der Waals surface area (Å²) in [5.41, 5.74) is 7.19. The Kier molecular flexibility index (Phi) is 2.75. The summed E-state index contributed by atoms with van der Waals surface area (Å²) in [6, 6.07) is 3.58. The third-order valence-corrected chi connectivity index (χ3v) is 3.71. The van der Waals surface area contributed by atoms with E-state index in [0.29, 0.717) is 10.6 Å². The molecular weight excluding hydrogens is 228 g/mol. The van der Waals surface area contributed by atoms with E-state index < -0.39 is 0 Å². The van der Waals surface area contributed by atoms with Crippen LogP contribution in [0.2, 0.25) is 0 Å². The van der Waals surface area contributed by atoms with Crippen LogP contribution in [0.15, 0.2) is 22.9 Å². The minimum absolute atomic E-state index is 0.0989. The van der Waals surface area contributed by atoms with E-state index in [2.05, 4.69) is 5.32 Å². The van der Waals surface area contributed by atoms with E-state index in [-0.39, 0.29) is 5.91 Å². The molecule has 0 spiro atoms. The van der Waals surface area contributed by atoms with Crippen molar-refractivity contribution in [2.45, 2.75) is 6.92 Å². The lowest BCUT2D eigenvalue weighted by Crippen LogP contribution is -2.09. The molecule has 0 aliphatic carbocycles. The van der Waals surface area contributed by atoms with Crippen molar-refractivity contribution in [2.75, 3.05) is 11.1 Å². The topological polar surface area (TPSA) is 55.1 Å². The Morgan fingerprint density at radius 2 is 2.33 bits per heavy atom. The molecule has 2 rings (SSSR count). The van der Waals surface area contributed by atoms with Crippen LogP contribution in [-0.2, 0) is 0 Å². The molecule has 0 aliphatic heterocycles. The average molecular weight is 238 g/mol. The van der Waals surface area contributed by atoms with Crippen LogP contribution in [0, 0.1) is 6.92 Å². The fourth-order valence-corrected chi connectivity index (χ4v) is 2.56. The number of amides is 1. The molecular formula is C10H10N2OS2. The van der Waals surface area contributed by atoms with Crippen LogP contribution in [0.5, 0.6) is 0 Å². The number of aryl methyl sites for hydroxylation is 1. The molecule has 0 saturated heterocycles.